The number of rotatable bonds is 22. The van der Waals surface area contributed by atoms with Crippen LogP contribution in [0.3, 0.4) is 0 Å². The maximum Gasteiger partial charge on any atom is 0.326 e. The fourth-order valence-corrected chi connectivity index (χ4v) is 5.36. The van der Waals surface area contributed by atoms with Gasteiger partial charge in [0, 0.05) is 6.42 Å². The predicted octanol–water partition coefficient (Wildman–Crippen LogP) is 0.0198. The molecule has 17 heteroatoms. The van der Waals surface area contributed by atoms with E-state index in [1.165, 1.54) is 47.4 Å². The van der Waals surface area contributed by atoms with Gasteiger partial charge in [0.15, 0.2) is 0 Å². The first kappa shape index (κ1) is 39.9. The molecular weight excluding hydrogens is 647 g/mol. The van der Waals surface area contributed by atoms with E-state index >= 15 is 0 Å². The number of carboxylic acid groups (broad SMARTS) is 2. The highest BCUT2D eigenvalue weighted by molar-refractivity contribution is 7.98. The number of nitrogens with one attached hydrogen (secondary N) is 4. The van der Waals surface area contributed by atoms with E-state index < -0.39 is 72.2 Å². The minimum atomic E-state index is -1.71. The van der Waals surface area contributed by atoms with Crippen LogP contribution < -0.4 is 27.0 Å². The van der Waals surface area contributed by atoms with Gasteiger partial charge in [-0.1, -0.05) is 12.1 Å². The Kier molecular flexibility index (Phi) is 19.1. The number of carboxylic acids is 2. The summed E-state index contributed by atoms with van der Waals surface area (Å²) in [5.41, 5.74) is 6.64. The molecule has 0 unspecified atom stereocenters. The largest absolute Gasteiger partial charge is 0.508 e. The second-order valence-corrected chi connectivity index (χ2v) is 13.0. The van der Waals surface area contributed by atoms with Crippen molar-refractivity contribution in [1.29, 1.82) is 0 Å². The smallest absolute Gasteiger partial charge is 0.326 e. The SMILES string of the molecule is CSCC[C@H](NC(=O)[C@H](CCSC)NC(=O)[C@H](Cc1ccc(O)cc1)NC(=O)[C@@H](N)CCSC)C(=O)N[C@@H](CC(=O)O)C(=O)O. The number of carbonyl (C=O) groups excluding carboxylic acids is 4. The third-order valence-corrected chi connectivity index (χ3v) is 8.39. The first-order valence-electron chi connectivity index (χ1n) is 14.0. The summed E-state index contributed by atoms with van der Waals surface area (Å²) >= 11 is 4.32. The Morgan fingerprint density at radius 1 is 0.667 bits per heavy atom. The number of hydrogen-bond acceptors (Lipinski definition) is 11. The molecule has 0 aromatic heterocycles. The molecular formula is C28H43N5O9S3. The molecule has 1 aromatic rings. The van der Waals surface area contributed by atoms with E-state index in [1.807, 2.05) is 12.5 Å². The fraction of sp³-hybridized carbons (Fsp3) is 0.571. The van der Waals surface area contributed by atoms with Gasteiger partial charge in [0.2, 0.25) is 23.6 Å². The molecule has 0 aliphatic carbocycles. The first-order chi connectivity index (χ1) is 21.3. The molecule has 0 saturated heterocycles. The van der Waals surface area contributed by atoms with Crippen molar-refractivity contribution in [2.75, 3.05) is 36.0 Å². The van der Waals surface area contributed by atoms with Crippen LogP contribution >= 0.6 is 35.3 Å². The van der Waals surface area contributed by atoms with E-state index in [1.54, 1.807) is 18.4 Å². The van der Waals surface area contributed by atoms with E-state index in [-0.39, 0.29) is 25.0 Å². The summed E-state index contributed by atoms with van der Waals surface area (Å²) in [6.07, 6.45) is 5.29. The van der Waals surface area contributed by atoms with Crippen LogP contribution in [0.25, 0.3) is 0 Å². The van der Waals surface area contributed by atoms with Crippen LogP contribution in [0.1, 0.15) is 31.2 Å². The van der Waals surface area contributed by atoms with Crippen LogP contribution in [0.15, 0.2) is 24.3 Å². The molecule has 4 amide bonds. The van der Waals surface area contributed by atoms with Crippen LogP contribution in [0.5, 0.6) is 5.75 Å². The summed E-state index contributed by atoms with van der Waals surface area (Å²) in [6.45, 7) is 0. The van der Waals surface area contributed by atoms with Gasteiger partial charge in [-0.2, -0.15) is 35.3 Å². The van der Waals surface area contributed by atoms with Crippen LogP contribution in [0.2, 0.25) is 0 Å². The minimum absolute atomic E-state index is 0.0226. The maximum absolute atomic E-state index is 13.6. The zero-order chi connectivity index (χ0) is 33.9. The Balaban J connectivity index is 3.20. The van der Waals surface area contributed by atoms with E-state index in [9.17, 15) is 39.0 Å². The summed E-state index contributed by atoms with van der Waals surface area (Å²) < 4.78 is 0. The van der Waals surface area contributed by atoms with Crippen LogP contribution in [-0.2, 0) is 35.2 Å². The second-order valence-electron chi connectivity index (χ2n) is 10.0. The molecule has 1 rings (SSSR count). The van der Waals surface area contributed by atoms with Crippen molar-refractivity contribution in [3.05, 3.63) is 29.8 Å². The Morgan fingerprint density at radius 3 is 1.53 bits per heavy atom. The number of thioether (sulfide) groups is 3. The lowest BCUT2D eigenvalue weighted by Crippen LogP contribution is -2.59. The highest BCUT2D eigenvalue weighted by Gasteiger charge is 2.32. The zero-order valence-corrected chi connectivity index (χ0v) is 27.9. The molecule has 45 heavy (non-hydrogen) atoms. The van der Waals surface area contributed by atoms with Crippen molar-refractivity contribution in [2.45, 2.75) is 62.3 Å². The van der Waals surface area contributed by atoms with Gasteiger partial charge in [-0.3, -0.25) is 24.0 Å². The van der Waals surface area contributed by atoms with Crippen molar-refractivity contribution >= 4 is 70.9 Å². The molecule has 0 bridgehead atoms. The summed E-state index contributed by atoms with van der Waals surface area (Å²) in [5, 5.41) is 38.1. The molecule has 0 fully saturated rings. The maximum atomic E-state index is 13.6. The predicted molar refractivity (Wildman–Crippen MR) is 176 cm³/mol. The van der Waals surface area contributed by atoms with Crippen LogP contribution in [0, 0.1) is 0 Å². The van der Waals surface area contributed by atoms with Crippen molar-refractivity contribution in [1.82, 2.24) is 21.3 Å². The molecule has 0 spiro atoms. The number of amides is 4. The number of carbonyl (C=O) groups is 6. The average molecular weight is 690 g/mol. The number of phenols is 1. The monoisotopic (exact) mass is 689 g/mol. The van der Waals surface area contributed by atoms with Crippen molar-refractivity contribution in [3.8, 4) is 5.75 Å². The zero-order valence-electron chi connectivity index (χ0n) is 25.4. The number of hydrogen-bond donors (Lipinski definition) is 8. The van der Waals surface area contributed by atoms with Crippen LogP contribution in [0.4, 0.5) is 0 Å². The minimum Gasteiger partial charge on any atom is -0.508 e. The summed E-state index contributed by atoms with van der Waals surface area (Å²) in [7, 11) is 0. The summed E-state index contributed by atoms with van der Waals surface area (Å²) in [5.74, 6) is -4.25. The van der Waals surface area contributed by atoms with Gasteiger partial charge >= 0.3 is 11.9 Å². The van der Waals surface area contributed by atoms with Crippen molar-refractivity contribution in [3.63, 3.8) is 0 Å². The van der Waals surface area contributed by atoms with Gasteiger partial charge in [0.25, 0.3) is 0 Å². The second kappa shape index (κ2) is 21.6. The van der Waals surface area contributed by atoms with Gasteiger partial charge in [0.1, 0.15) is 29.9 Å². The number of aliphatic carboxylic acids is 2. The number of phenolic OH excluding ortho intramolecular Hbond substituents is 1. The number of benzene rings is 1. The topological polar surface area (TPSA) is 237 Å². The van der Waals surface area contributed by atoms with Crippen LogP contribution in [-0.4, -0.2) is 117 Å². The highest BCUT2D eigenvalue weighted by atomic mass is 32.2. The lowest BCUT2D eigenvalue weighted by molar-refractivity contribution is -0.147. The third-order valence-electron chi connectivity index (χ3n) is 6.46. The number of aromatic hydroxyl groups is 1. The standard InChI is InChI=1S/C28H43N5O9S3/c1-43-11-8-18(29)24(37)32-21(14-16-4-6-17(34)7-5-16)27(40)31-19(9-12-44-2)25(38)30-20(10-13-45-3)26(39)33-22(28(41)42)15-23(35)36/h4-7,18-22,34H,8-15,29H2,1-3H3,(H,30,38)(H,31,40)(H,32,37)(H,33,39)(H,35,36)(H,41,42)/t18-,19-,20-,21-,22-/m0/s1. The third kappa shape index (κ3) is 15.6. The fourth-order valence-electron chi connectivity index (χ4n) is 3.93. The normalized spacial score (nSPS) is 14.2. The van der Waals surface area contributed by atoms with Gasteiger partial charge in [-0.25, -0.2) is 4.79 Å². The molecule has 0 radical (unpaired) electrons. The Hall–Kier alpha value is -3.15. The quantitative estimate of drug-likeness (QED) is 0.0803. The molecule has 252 valence electrons. The molecule has 1 aromatic carbocycles. The van der Waals surface area contributed by atoms with E-state index in [0.29, 0.717) is 29.2 Å². The molecule has 5 atom stereocenters. The summed E-state index contributed by atoms with van der Waals surface area (Å²) in [4.78, 5) is 75.4. The average Bonchev–Trinajstić information content (AvgIpc) is 2.99. The van der Waals surface area contributed by atoms with Gasteiger partial charge in [-0.15, -0.1) is 0 Å². The van der Waals surface area contributed by atoms with Gasteiger partial charge < -0.3 is 42.3 Å². The molecule has 0 saturated carbocycles. The molecule has 0 aliphatic rings. The summed E-state index contributed by atoms with van der Waals surface area (Å²) in [6, 6.07) is 0.0247. The molecule has 9 N–H and O–H groups in total. The van der Waals surface area contributed by atoms with Crippen molar-refractivity contribution in [2.24, 2.45) is 5.73 Å². The highest BCUT2D eigenvalue weighted by Crippen LogP contribution is 2.13. The van der Waals surface area contributed by atoms with E-state index in [4.69, 9.17) is 10.8 Å². The molecule has 14 nitrogen and oxygen atoms in total. The van der Waals surface area contributed by atoms with E-state index in [2.05, 4.69) is 21.3 Å². The van der Waals surface area contributed by atoms with Gasteiger partial charge in [0.05, 0.1) is 12.5 Å². The van der Waals surface area contributed by atoms with E-state index in [0.717, 1.165) is 0 Å². The van der Waals surface area contributed by atoms with Crippen molar-refractivity contribution < 1.29 is 44.1 Å². The first-order valence-corrected chi connectivity index (χ1v) is 18.2. The number of nitrogens with two attached hydrogens (primary N) is 1. The molecule has 0 heterocycles. The molecule has 0 aliphatic heterocycles. The lowest BCUT2D eigenvalue weighted by Gasteiger charge is -2.26. The lowest BCUT2D eigenvalue weighted by atomic mass is 10.0. The Bertz CT molecular complexity index is 1140. The Morgan fingerprint density at radius 2 is 1.09 bits per heavy atom. The van der Waals surface area contributed by atoms with Gasteiger partial charge in [-0.05, 0) is 73.0 Å². The Labute approximate surface area is 275 Å².